The molecular weight excluding hydrogens is 372 g/mol. The molecule has 1 aromatic rings. The summed E-state index contributed by atoms with van der Waals surface area (Å²) >= 11 is 0. The topological polar surface area (TPSA) is 122 Å². The molecule has 0 aliphatic heterocycles. The zero-order valence-electron chi connectivity index (χ0n) is 15.8. The third-order valence-corrected chi connectivity index (χ3v) is 5.25. The van der Waals surface area contributed by atoms with Crippen LogP contribution in [0.4, 0.5) is 4.79 Å². The van der Waals surface area contributed by atoms with E-state index in [9.17, 15) is 18.0 Å². The average Bonchev–Trinajstić information content (AvgIpc) is 2.53. The minimum atomic E-state index is -3.85. The second-order valence-corrected chi connectivity index (χ2v) is 8.64. The lowest BCUT2D eigenvalue weighted by molar-refractivity contribution is -0.125. The van der Waals surface area contributed by atoms with Gasteiger partial charge in [-0.1, -0.05) is 44.2 Å². The zero-order chi connectivity index (χ0) is 20.4. The van der Waals surface area contributed by atoms with Crippen LogP contribution in [-0.2, 0) is 26.2 Å². The van der Waals surface area contributed by atoms with Gasteiger partial charge < -0.3 is 15.2 Å². The van der Waals surface area contributed by atoms with Gasteiger partial charge >= 0.3 is 6.09 Å². The molecule has 0 aliphatic rings. The van der Waals surface area contributed by atoms with Crippen molar-refractivity contribution in [2.24, 2.45) is 5.92 Å². The number of hydrogen-bond donors (Lipinski definition) is 3. The van der Waals surface area contributed by atoms with Gasteiger partial charge in [0.2, 0.25) is 10.0 Å². The number of carbonyl (C=O) groups excluding carboxylic acids is 1. The van der Waals surface area contributed by atoms with Crippen molar-refractivity contribution >= 4 is 21.9 Å². The van der Waals surface area contributed by atoms with E-state index < -0.39 is 39.7 Å². The highest BCUT2D eigenvalue weighted by atomic mass is 32.2. The number of carboxylic acid groups (broad SMARTS) is 1. The lowest BCUT2D eigenvalue weighted by Crippen LogP contribution is -2.47. The number of nitrogens with one attached hydrogen (secondary N) is 2. The fraction of sp³-hybridized carbons (Fsp3) is 0.556. The minimum Gasteiger partial charge on any atom is -0.465 e. The fourth-order valence-corrected chi connectivity index (χ4v) is 4.04. The molecule has 0 radical (unpaired) electrons. The quantitative estimate of drug-likeness (QED) is 0.491. The number of hydrogen-bond acceptors (Lipinski definition) is 5. The number of amides is 1. The Balaban J connectivity index is 2.52. The van der Waals surface area contributed by atoms with Gasteiger partial charge in [0.25, 0.3) is 0 Å². The summed E-state index contributed by atoms with van der Waals surface area (Å²) in [4.78, 5) is 22.9. The standard InChI is InChI=1S/C18H28N2O6S/c1-13(2)9-16(19-18(22)23)12-27(24,25)20-14(3)17(21)11-26-10-15-7-5-4-6-8-15/h4-8,13-14,16,19-20H,9-12H2,1-3H3,(H,22,23). The van der Waals surface area contributed by atoms with Crippen molar-refractivity contribution < 1.29 is 27.9 Å². The maximum atomic E-state index is 12.3. The van der Waals surface area contributed by atoms with E-state index in [1.807, 2.05) is 44.2 Å². The predicted octanol–water partition coefficient (Wildman–Crippen LogP) is 1.76. The summed E-state index contributed by atoms with van der Waals surface area (Å²) in [6.07, 6.45) is -0.912. The Morgan fingerprint density at radius 2 is 1.78 bits per heavy atom. The second-order valence-electron chi connectivity index (χ2n) is 6.84. The van der Waals surface area contributed by atoms with Crippen LogP contribution >= 0.6 is 0 Å². The molecule has 0 aromatic heterocycles. The van der Waals surface area contributed by atoms with Crippen LogP contribution in [0.15, 0.2) is 30.3 Å². The van der Waals surface area contributed by atoms with Crippen LogP contribution in [-0.4, -0.2) is 49.8 Å². The van der Waals surface area contributed by atoms with Crippen LogP contribution in [0.25, 0.3) is 0 Å². The first kappa shape index (κ1) is 23.1. The van der Waals surface area contributed by atoms with Gasteiger partial charge in [-0.15, -0.1) is 0 Å². The largest absolute Gasteiger partial charge is 0.465 e. The predicted molar refractivity (Wildman–Crippen MR) is 102 cm³/mol. The van der Waals surface area contributed by atoms with E-state index in [0.717, 1.165) is 5.56 Å². The van der Waals surface area contributed by atoms with Crippen LogP contribution < -0.4 is 10.0 Å². The van der Waals surface area contributed by atoms with E-state index in [1.54, 1.807) is 0 Å². The molecule has 0 spiro atoms. The molecule has 0 fully saturated rings. The molecule has 27 heavy (non-hydrogen) atoms. The van der Waals surface area contributed by atoms with E-state index in [2.05, 4.69) is 10.0 Å². The highest BCUT2D eigenvalue weighted by Gasteiger charge is 2.25. The number of rotatable bonds is 12. The fourth-order valence-electron chi connectivity index (χ4n) is 2.53. The zero-order valence-corrected chi connectivity index (χ0v) is 16.7. The van der Waals surface area contributed by atoms with Gasteiger partial charge in [0, 0.05) is 6.04 Å². The third-order valence-electron chi connectivity index (χ3n) is 3.70. The molecule has 9 heteroatoms. The third kappa shape index (κ3) is 10.1. The van der Waals surface area contributed by atoms with Gasteiger partial charge in [-0.25, -0.2) is 17.9 Å². The molecule has 0 heterocycles. The Morgan fingerprint density at radius 3 is 2.33 bits per heavy atom. The van der Waals surface area contributed by atoms with E-state index in [4.69, 9.17) is 9.84 Å². The molecule has 2 unspecified atom stereocenters. The van der Waals surface area contributed by atoms with Crippen molar-refractivity contribution in [1.82, 2.24) is 10.0 Å². The van der Waals surface area contributed by atoms with Gasteiger partial charge in [0.15, 0.2) is 5.78 Å². The second kappa shape index (κ2) is 11.0. The van der Waals surface area contributed by atoms with Crippen LogP contribution in [0.3, 0.4) is 0 Å². The Labute approximate surface area is 160 Å². The molecule has 2 atom stereocenters. The highest BCUT2D eigenvalue weighted by molar-refractivity contribution is 7.89. The molecule has 0 bridgehead atoms. The lowest BCUT2D eigenvalue weighted by atomic mass is 10.1. The summed E-state index contributed by atoms with van der Waals surface area (Å²) in [6, 6.07) is 7.59. The maximum absolute atomic E-state index is 12.3. The number of sulfonamides is 1. The summed E-state index contributed by atoms with van der Waals surface area (Å²) in [5.41, 5.74) is 0.912. The summed E-state index contributed by atoms with van der Waals surface area (Å²) in [5, 5.41) is 11.1. The van der Waals surface area contributed by atoms with Gasteiger partial charge in [-0.3, -0.25) is 4.79 Å². The average molecular weight is 400 g/mol. The van der Waals surface area contributed by atoms with E-state index >= 15 is 0 Å². The van der Waals surface area contributed by atoms with Crippen LogP contribution in [0, 0.1) is 5.92 Å². The first-order valence-corrected chi connectivity index (χ1v) is 10.4. The number of ketones is 1. The summed E-state index contributed by atoms with van der Waals surface area (Å²) < 4.78 is 32.2. The summed E-state index contributed by atoms with van der Waals surface area (Å²) in [7, 11) is -3.85. The van der Waals surface area contributed by atoms with Crippen molar-refractivity contribution in [2.75, 3.05) is 12.4 Å². The van der Waals surface area contributed by atoms with E-state index in [1.165, 1.54) is 6.92 Å². The van der Waals surface area contributed by atoms with Crippen molar-refractivity contribution in [1.29, 1.82) is 0 Å². The molecule has 1 rings (SSSR count). The number of carbonyl (C=O) groups is 2. The van der Waals surface area contributed by atoms with Crippen molar-refractivity contribution in [3.05, 3.63) is 35.9 Å². The first-order valence-electron chi connectivity index (χ1n) is 8.73. The van der Waals surface area contributed by atoms with Crippen molar-refractivity contribution in [3.8, 4) is 0 Å². The van der Waals surface area contributed by atoms with Crippen LogP contribution in [0.5, 0.6) is 0 Å². The Hall–Kier alpha value is -1.97. The molecule has 1 aromatic carbocycles. The molecule has 0 aliphatic carbocycles. The molecule has 8 nitrogen and oxygen atoms in total. The SMILES string of the molecule is CC(C)CC(CS(=O)(=O)NC(C)C(=O)COCc1ccccc1)NC(=O)O. The normalized spacial score (nSPS) is 13.9. The van der Waals surface area contributed by atoms with Gasteiger partial charge in [-0.05, 0) is 24.8 Å². The number of Topliss-reactive ketones (excluding diaryl/α,β-unsaturated/α-hetero) is 1. The van der Waals surface area contributed by atoms with Crippen molar-refractivity contribution in [2.45, 2.75) is 45.9 Å². The lowest BCUT2D eigenvalue weighted by Gasteiger charge is -2.20. The Kier molecular flexibility index (Phi) is 9.40. The number of benzene rings is 1. The van der Waals surface area contributed by atoms with E-state index in [-0.39, 0.29) is 19.1 Å². The summed E-state index contributed by atoms with van der Waals surface area (Å²) in [5.74, 6) is -0.719. The van der Waals surface area contributed by atoms with Crippen LogP contribution in [0.2, 0.25) is 0 Å². The van der Waals surface area contributed by atoms with E-state index in [0.29, 0.717) is 6.42 Å². The molecule has 3 N–H and O–H groups in total. The number of ether oxygens (including phenoxy) is 1. The monoisotopic (exact) mass is 400 g/mol. The first-order chi connectivity index (χ1) is 12.6. The maximum Gasteiger partial charge on any atom is 0.404 e. The van der Waals surface area contributed by atoms with Crippen molar-refractivity contribution in [3.63, 3.8) is 0 Å². The Bertz CT molecular complexity index is 706. The smallest absolute Gasteiger partial charge is 0.404 e. The highest BCUT2D eigenvalue weighted by Crippen LogP contribution is 2.08. The van der Waals surface area contributed by atoms with Gasteiger partial charge in [0.1, 0.15) is 6.61 Å². The van der Waals surface area contributed by atoms with Gasteiger partial charge in [-0.2, -0.15) is 0 Å². The molecular formula is C18H28N2O6S. The molecule has 1 amide bonds. The molecule has 0 saturated carbocycles. The minimum absolute atomic E-state index is 0.113. The van der Waals surface area contributed by atoms with Crippen LogP contribution in [0.1, 0.15) is 32.8 Å². The molecule has 0 saturated heterocycles. The summed E-state index contributed by atoms with van der Waals surface area (Å²) in [6.45, 7) is 5.21. The Morgan fingerprint density at radius 1 is 1.15 bits per heavy atom. The molecule has 152 valence electrons. The van der Waals surface area contributed by atoms with Gasteiger partial charge in [0.05, 0.1) is 18.4 Å².